The molecular formula is C19H32CaO4. The maximum atomic E-state index is 10.6. The van der Waals surface area contributed by atoms with Crippen LogP contribution in [0.5, 0.6) is 0 Å². The van der Waals surface area contributed by atoms with Crippen molar-refractivity contribution in [3.63, 3.8) is 0 Å². The minimum atomic E-state index is -1.54. The van der Waals surface area contributed by atoms with E-state index in [9.17, 15) is 19.8 Å². The number of unbranched alkanes of at least 4 members (excludes halogenated alkanes) is 10. The molecule has 0 aliphatic rings. The second-order valence-corrected chi connectivity index (χ2v) is 6.21. The van der Waals surface area contributed by atoms with Crippen LogP contribution in [-0.2, 0) is 9.59 Å². The van der Waals surface area contributed by atoms with E-state index in [0.29, 0.717) is 6.42 Å². The Kier molecular flexibility index (Phi) is 21.0. The smallest absolute Gasteiger partial charge is 0.549 e. The van der Waals surface area contributed by atoms with Crippen LogP contribution in [-0.4, -0.2) is 49.7 Å². The molecule has 0 fully saturated rings. The van der Waals surface area contributed by atoms with Gasteiger partial charge in [0.2, 0.25) is 0 Å². The van der Waals surface area contributed by atoms with Crippen LogP contribution in [0.4, 0.5) is 0 Å². The Labute approximate surface area is 177 Å². The molecule has 0 heterocycles. The van der Waals surface area contributed by atoms with Crippen molar-refractivity contribution in [1.29, 1.82) is 0 Å². The number of carbonyl (C=O) groups is 2. The van der Waals surface area contributed by atoms with Gasteiger partial charge in [-0.1, -0.05) is 70.4 Å². The summed E-state index contributed by atoms with van der Waals surface area (Å²) in [5.41, 5.74) is 0. The first-order valence-corrected chi connectivity index (χ1v) is 9.16. The number of aliphatic carboxylic acids is 2. The van der Waals surface area contributed by atoms with E-state index in [4.69, 9.17) is 0 Å². The Hall–Kier alpha value is -0.0603. The first kappa shape index (κ1) is 26.2. The van der Waals surface area contributed by atoms with Crippen molar-refractivity contribution >= 4 is 49.7 Å². The fourth-order valence-corrected chi connectivity index (χ4v) is 2.57. The summed E-state index contributed by atoms with van der Waals surface area (Å²) in [6.07, 6.45) is 18.2. The quantitative estimate of drug-likeness (QED) is 0.182. The number of rotatable bonds is 16. The van der Waals surface area contributed by atoms with Crippen molar-refractivity contribution in [2.45, 2.75) is 90.4 Å². The van der Waals surface area contributed by atoms with Gasteiger partial charge < -0.3 is 19.8 Å². The SMILES string of the molecule is CCCCCCCC/C=C\CCCCCCC(C(=O)[O-])C(=O)[O-].[Ca+2]. The maximum absolute atomic E-state index is 10.6. The van der Waals surface area contributed by atoms with Crippen molar-refractivity contribution in [1.82, 2.24) is 0 Å². The molecule has 5 heteroatoms. The molecule has 0 aliphatic heterocycles. The molecular weight excluding hydrogens is 332 g/mol. The summed E-state index contributed by atoms with van der Waals surface area (Å²) in [5, 5.41) is 21.1. The molecule has 134 valence electrons. The molecule has 24 heavy (non-hydrogen) atoms. The van der Waals surface area contributed by atoms with E-state index >= 15 is 0 Å². The average Bonchev–Trinajstić information content (AvgIpc) is 2.50. The second kappa shape index (κ2) is 19.3. The van der Waals surface area contributed by atoms with Crippen molar-refractivity contribution in [3.05, 3.63) is 12.2 Å². The molecule has 0 aromatic rings. The Morgan fingerprint density at radius 3 is 1.62 bits per heavy atom. The number of allylic oxidation sites excluding steroid dienone is 2. The number of carbonyl (C=O) groups excluding carboxylic acids is 2. The van der Waals surface area contributed by atoms with Crippen LogP contribution in [0.3, 0.4) is 0 Å². The Morgan fingerprint density at radius 2 is 1.17 bits per heavy atom. The zero-order valence-electron chi connectivity index (χ0n) is 15.3. The largest absolute Gasteiger partial charge is 2.00 e. The Bertz CT molecular complexity index is 328. The standard InChI is InChI=1S/C19H34O4.Ca/c1-2-3-4-5-6-7-8-9-10-11-12-13-14-15-16-17(18(20)21)19(22)23;/h9-10,17H,2-8,11-16H2,1H3,(H,20,21)(H,22,23);/q;+2/p-2/b10-9-;. The fourth-order valence-electron chi connectivity index (χ4n) is 2.57. The maximum Gasteiger partial charge on any atom is 2.00 e. The molecule has 0 saturated heterocycles. The summed E-state index contributed by atoms with van der Waals surface area (Å²) >= 11 is 0. The normalized spacial score (nSPS) is 10.9. The van der Waals surface area contributed by atoms with Crippen LogP contribution in [0.25, 0.3) is 0 Å². The number of hydrogen-bond donors (Lipinski definition) is 0. The molecule has 0 rings (SSSR count). The van der Waals surface area contributed by atoms with Crippen LogP contribution in [0.2, 0.25) is 0 Å². The predicted molar refractivity (Wildman–Crippen MR) is 94.1 cm³/mol. The van der Waals surface area contributed by atoms with Gasteiger partial charge in [0.25, 0.3) is 0 Å². The molecule has 0 spiro atoms. The second-order valence-electron chi connectivity index (χ2n) is 6.21. The van der Waals surface area contributed by atoms with E-state index < -0.39 is 17.9 Å². The van der Waals surface area contributed by atoms with Gasteiger partial charge >= 0.3 is 37.7 Å². The van der Waals surface area contributed by atoms with Gasteiger partial charge in [-0.05, 0) is 32.1 Å². The molecule has 0 aromatic heterocycles. The number of carboxylic acids is 2. The van der Waals surface area contributed by atoms with Crippen molar-refractivity contribution in [2.24, 2.45) is 5.92 Å². The number of hydrogen-bond acceptors (Lipinski definition) is 4. The summed E-state index contributed by atoms with van der Waals surface area (Å²) in [7, 11) is 0. The molecule has 0 aromatic carbocycles. The van der Waals surface area contributed by atoms with Gasteiger partial charge in [-0.15, -0.1) is 0 Å². The van der Waals surface area contributed by atoms with E-state index in [1.165, 1.54) is 38.5 Å². The van der Waals surface area contributed by atoms with Gasteiger partial charge in [0.05, 0.1) is 11.9 Å². The molecule has 4 nitrogen and oxygen atoms in total. The molecule has 0 amide bonds. The zero-order valence-corrected chi connectivity index (χ0v) is 17.5. The summed E-state index contributed by atoms with van der Waals surface area (Å²) in [5.74, 6) is -4.54. The van der Waals surface area contributed by atoms with E-state index in [2.05, 4.69) is 19.1 Å². The molecule has 0 aliphatic carbocycles. The van der Waals surface area contributed by atoms with Gasteiger partial charge in [0.1, 0.15) is 0 Å². The monoisotopic (exact) mass is 364 g/mol. The van der Waals surface area contributed by atoms with Crippen LogP contribution < -0.4 is 10.2 Å². The average molecular weight is 365 g/mol. The molecule has 0 atom stereocenters. The van der Waals surface area contributed by atoms with Crippen LogP contribution in [0.1, 0.15) is 90.4 Å². The van der Waals surface area contributed by atoms with E-state index in [1.807, 2.05) is 0 Å². The molecule has 0 bridgehead atoms. The minimum Gasteiger partial charge on any atom is -0.549 e. The third kappa shape index (κ3) is 16.8. The minimum absolute atomic E-state index is 0. The topological polar surface area (TPSA) is 80.3 Å². The molecule has 0 unspecified atom stereocenters. The van der Waals surface area contributed by atoms with Crippen molar-refractivity contribution < 1.29 is 19.8 Å². The van der Waals surface area contributed by atoms with Crippen molar-refractivity contribution in [3.8, 4) is 0 Å². The van der Waals surface area contributed by atoms with Gasteiger partial charge in [0.15, 0.2) is 0 Å². The third-order valence-corrected chi connectivity index (χ3v) is 4.07. The predicted octanol–water partition coefficient (Wildman–Crippen LogP) is 2.37. The first-order valence-electron chi connectivity index (χ1n) is 9.16. The van der Waals surface area contributed by atoms with Gasteiger partial charge in [-0.2, -0.15) is 0 Å². The van der Waals surface area contributed by atoms with Gasteiger partial charge in [-0.25, -0.2) is 0 Å². The van der Waals surface area contributed by atoms with E-state index in [0.717, 1.165) is 32.1 Å². The van der Waals surface area contributed by atoms with E-state index in [1.54, 1.807) is 0 Å². The van der Waals surface area contributed by atoms with Crippen molar-refractivity contribution in [2.75, 3.05) is 0 Å². The van der Waals surface area contributed by atoms with Gasteiger partial charge in [-0.3, -0.25) is 0 Å². The van der Waals surface area contributed by atoms with Crippen LogP contribution >= 0.6 is 0 Å². The van der Waals surface area contributed by atoms with E-state index in [-0.39, 0.29) is 44.2 Å². The molecule has 0 saturated carbocycles. The third-order valence-electron chi connectivity index (χ3n) is 4.07. The zero-order chi connectivity index (χ0) is 17.3. The summed E-state index contributed by atoms with van der Waals surface area (Å²) in [6, 6.07) is 0. The summed E-state index contributed by atoms with van der Waals surface area (Å²) < 4.78 is 0. The number of carboxylic acid groups (broad SMARTS) is 2. The Balaban J connectivity index is 0. The molecule has 0 N–H and O–H groups in total. The van der Waals surface area contributed by atoms with Crippen LogP contribution in [0, 0.1) is 5.92 Å². The van der Waals surface area contributed by atoms with Gasteiger partial charge in [0, 0.05) is 5.92 Å². The first-order chi connectivity index (χ1) is 11.1. The fraction of sp³-hybridized carbons (Fsp3) is 0.789. The molecule has 0 radical (unpaired) electrons. The van der Waals surface area contributed by atoms with Crippen LogP contribution in [0.15, 0.2) is 12.2 Å². The summed E-state index contributed by atoms with van der Waals surface area (Å²) in [4.78, 5) is 21.1. The summed E-state index contributed by atoms with van der Waals surface area (Å²) in [6.45, 7) is 2.23. The Morgan fingerprint density at radius 1 is 0.750 bits per heavy atom.